The normalized spacial score (nSPS) is 11.1. The van der Waals surface area contributed by atoms with Crippen molar-refractivity contribution in [1.82, 2.24) is 14.2 Å². The molecule has 0 aliphatic carbocycles. The second-order valence-corrected chi connectivity index (χ2v) is 6.02. The second kappa shape index (κ2) is 6.18. The molecule has 0 atom stereocenters. The molecule has 2 heterocycles. The molecule has 3 rings (SSSR count). The van der Waals surface area contributed by atoms with Gasteiger partial charge >= 0.3 is 5.69 Å². The zero-order chi connectivity index (χ0) is 14.7. The standard InChI is InChI=1S/C16H17N3OS/c1-13-6-2-3-7-14(13)12-21-11-10-19-16(20)18-9-5-4-8-15(18)17-19/h2-9H,10-12H2,1H3. The van der Waals surface area contributed by atoms with Crippen LogP contribution in [0, 0.1) is 6.92 Å². The molecule has 0 bridgehead atoms. The van der Waals surface area contributed by atoms with Crippen LogP contribution < -0.4 is 5.69 Å². The summed E-state index contributed by atoms with van der Waals surface area (Å²) in [4.78, 5) is 12.1. The fourth-order valence-electron chi connectivity index (χ4n) is 2.22. The highest BCUT2D eigenvalue weighted by Gasteiger charge is 2.05. The predicted octanol–water partition coefficient (Wildman–Crippen LogP) is 2.74. The van der Waals surface area contributed by atoms with E-state index in [1.165, 1.54) is 11.1 Å². The van der Waals surface area contributed by atoms with Gasteiger partial charge in [-0.1, -0.05) is 30.3 Å². The van der Waals surface area contributed by atoms with Crippen molar-refractivity contribution in [3.63, 3.8) is 0 Å². The summed E-state index contributed by atoms with van der Waals surface area (Å²) in [5.74, 6) is 1.84. The molecule has 21 heavy (non-hydrogen) atoms. The molecule has 0 saturated heterocycles. The number of benzene rings is 1. The minimum atomic E-state index is -0.0675. The molecule has 0 unspecified atom stereocenters. The van der Waals surface area contributed by atoms with Crippen LogP contribution in [-0.2, 0) is 12.3 Å². The van der Waals surface area contributed by atoms with E-state index in [4.69, 9.17) is 0 Å². The summed E-state index contributed by atoms with van der Waals surface area (Å²) in [5, 5.41) is 4.33. The van der Waals surface area contributed by atoms with Crippen LogP contribution in [0.4, 0.5) is 0 Å². The van der Waals surface area contributed by atoms with Crippen molar-refractivity contribution in [2.75, 3.05) is 5.75 Å². The fraction of sp³-hybridized carbons (Fsp3) is 0.250. The number of nitrogens with zero attached hydrogens (tertiary/aromatic N) is 3. The van der Waals surface area contributed by atoms with Crippen molar-refractivity contribution in [2.45, 2.75) is 19.2 Å². The second-order valence-electron chi connectivity index (χ2n) is 4.91. The molecular weight excluding hydrogens is 282 g/mol. The molecule has 0 spiro atoms. The van der Waals surface area contributed by atoms with Gasteiger partial charge < -0.3 is 0 Å². The molecule has 0 fully saturated rings. The molecule has 0 saturated carbocycles. The van der Waals surface area contributed by atoms with Gasteiger partial charge in [-0.25, -0.2) is 9.48 Å². The molecule has 2 aromatic heterocycles. The van der Waals surface area contributed by atoms with Gasteiger partial charge in [-0.3, -0.25) is 4.40 Å². The lowest BCUT2D eigenvalue weighted by Crippen LogP contribution is -2.22. The summed E-state index contributed by atoms with van der Waals surface area (Å²) in [6.07, 6.45) is 1.75. The first-order valence-corrected chi connectivity index (χ1v) is 8.07. The third kappa shape index (κ3) is 3.03. The van der Waals surface area contributed by atoms with Crippen LogP contribution in [-0.4, -0.2) is 19.9 Å². The van der Waals surface area contributed by atoms with Crippen molar-refractivity contribution < 1.29 is 0 Å². The van der Waals surface area contributed by atoms with E-state index in [1.807, 2.05) is 30.0 Å². The first kappa shape index (κ1) is 13.9. The van der Waals surface area contributed by atoms with Gasteiger partial charge in [0, 0.05) is 17.7 Å². The summed E-state index contributed by atoms with van der Waals surface area (Å²) in [5.41, 5.74) is 3.30. The average Bonchev–Trinajstić information content (AvgIpc) is 2.82. The van der Waals surface area contributed by atoms with E-state index in [9.17, 15) is 4.79 Å². The number of aromatic nitrogens is 3. The highest BCUT2D eigenvalue weighted by Crippen LogP contribution is 2.15. The van der Waals surface area contributed by atoms with E-state index >= 15 is 0 Å². The molecule has 0 aliphatic rings. The Bertz CT molecular complexity index is 806. The minimum Gasteiger partial charge on any atom is -0.250 e. The predicted molar refractivity (Wildman–Crippen MR) is 86.8 cm³/mol. The maximum atomic E-state index is 12.1. The minimum absolute atomic E-state index is 0.0675. The topological polar surface area (TPSA) is 39.3 Å². The van der Waals surface area contributed by atoms with Crippen molar-refractivity contribution in [1.29, 1.82) is 0 Å². The molecule has 0 amide bonds. The van der Waals surface area contributed by atoms with Gasteiger partial charge in [-0.05, 0) is 30.2 Å². The van der Waals surface area contributed by atoms with Crippen molar-refractivity contribution in [3.8, 4) is 0 Å². The highest BCUT2D eigenvalue weighted by molar-refractivity contribution is 7.98. The number of aryl methyl sites for hydroxylation is 2. The third-order valence-electron chi connectivity index (χ3n) is 3.45. The zero-order valence-electron chi connectivity index (χ0n) is 11.9. The molecule has 4 nitrogen and oxygen atoms in total. The first-order valence-electron chi connectivity index (χ1n) is 6.92. The van der Waals surface area contributed by atoms with Crippen LogP contribution in [0.1, 0.15) is 11.1 Å². The number of rotatable bonds is 5. The van der Waals surface area contributed by atoms with Gasteiger partial charge in [0.2, 0.25) is 0 Å². The summed E-state index contributed by atoms with van der Waals surface area (Å²) < 4.78 is 3.12. The lowest BCUT2D eigenvalue weighted by atomic mass is 10.1. The molecule has 0 N–H and O–H groups in total. The maximum Gasteiger partial charge on any atom is 0.350 e. The van der Waals surface area contributed by atoms with E-state index in [0.29, 0.717) is 12.2 Å². The lowest BCUT2D eigenvalue weighted by molar-refractivity contribution is 0.639. The SMILES string of the molecule is Cc1ccccc1CSCCn1nc2ccccn2c1=O. The maximum absolute atomic E-state index is 12.1. The summed E-state index contributed by atoms with van der Waals surface area (Å²) >= 11 is 1.82. The van der Waals surface area contributed by atoms with Crippen molar-refractivity contribution in [2.24, 2.45) is 0 Å². The quantitative estimate of drug-likeness (QED) is 0.680. The lowest BCUT2D eigenvalue weighted by Gasteiger charge is -2.04. The van der Waals surface area contributed by atoms with E-state index < -0.39 is 0 Å². The Morgan fingerprint density at radius 1 is 1.14 bits per heavy atom. The smallest absolute Gasteiger partial charge is 0.250 e. The van der Waals surface area contributed by atoms with Crippen LogP contribution in [0.2, 0.25) is 0 Å². The van der Waals surface area contributed by atoms with Crippen LogP contribution in [0.25, 0.3) is 5.65 Å². The van der Waals surface area contributed by atoms with E-state index in [1.54, 1.807) is 15.3 Å². The first-order chi connectivity index (χ1) is 10.3. The van der Waals surface area contributed by atoms with Gasteiger partial charge in [0.15, 0.2) is 5.65 Å². The fourth-order valence-corrected chi connectivity index (χ4v) is 3.21. The monoisotopic (exact) mass is 299 g/mol. The number of fused-ring (bicyclic) bond motifs is 1. The largest absolute Gasteiger partial charge is 0.350 e. The summed E-state index contributed by atoms with van der Waals surface area (Å²) in [6, 6.07) is 14.0. The van der Waals surface area contributed by atoms with Crippen LogP contribution >= 0.6 is 11.8 Å². The van der Waals surface area contributed by atoms with Gasteiger partial charge in [0.25, 0.3) is 0 Å². The number of hydrogen-bond acceptors (Lipinski definition) is 3. The molecule has 0 radical (unpaired) electrons. The van der Waals surface area contributed by atoms with Crippen molar-refractivity contribution in [3.05, 3.63) is 70.3 Å². The Hall–Kier alpha value is -2.01. The third-order valence-corrected chi connectivity index (χ3v) is 4.44. The van der Waals surface area contributed by atoms with E-state index in [-0.39, 0.29) is 5.69 Å². The molecule has 5 heteroatoms. The molecule has 1 aromatic carbocycles. The Balaban J connectivity index is 1.61. The molecular formula is C16H17N3OS. The van der Waals surface area contributed by atoms with Gasteiger partial charge in [0.1, 0.15) is 0 Å². The number of hydrogen-bond donors (Lipinski definition) is 0. The Kier molecular flexibility index (Phi) is 4.10. The summed E-state index contributed by atoms with van der Waals surface area (Å²) in [6.45, 7) is 2.76. The molecule has 0 aliphatic heterocycles. The highest BCUT2D eigenvalue weighted by atomic mass is 32.2. The molecule has 108 valence electrons. The van der Waals surface area contributed by atoms with Crippen LogP contribution in [0.5, 0.6) is 0 Å². The van der Waals surface area contributed by atoms with E-state index in [2.05, 4.69) is 36.3 Å². The zero-order valence-corrected chi connectivity index (χ0v) is 12.7. The molecule has 3 aromatic rings. The summed E-state index contributed by atoms with van der Waals surface area (Å²) in [7, 11) is 0. The Morgan fingerprint density at radius 2 is 1.95 bits per heavy atom. The Labute approximate surface area is 127 Å². The van der Waals surface area contributed by atoms with Crippen LogP contribution in [0.3, 0.4) is 0 Å². The van der Waals surface area contributed by atoms with Gasteiger partial charge in [0.05, 0.1) is 6.54 Å². The average molecular weight is 299 g/mol. The van der Waals surface area contributed by atoms with Gasteiger partial charge in [-0.15, -0.1) is 5.10 Å². The van der Waals surface area contributed by atoms with Crippen molar-refractivity contribution >= 4 is 17.4 Å². The number of pyridine rings is 1. The Morgan fingerprint density at radius 3 is 2.76 bits per heavy atom. The number of thioether (sulfide) groups is 1. The van der Waals surface area contributed by atoms with Crippen LogP contribution in [0.15, 0.2) is 53.5 Å². The van der Waals surface area contributed by atoms with E-state index in [0.717, 1.165) is 11.5 Å². The van der Waals surface area contributed by atoms with Gasteiger partial charge in [-0.2, -0.15) is 11.8 Å².